The first-order valence-electron chi connectivity index (χ1n) is 6.35. The predicted octanol–water partition coefficient (Wildman–Crippen LogP) is 4.12. The van der Waals surface area contributed by atoms with Gasteiger partial charge in [-0.15, -0.1) is 0 Å². The number of aromatic nitrogens is 2. The van der Waals surface area contributed by atoms with Gasteiger partial charge in [0.1, 0.15) is 5.69 Å². The standard InChI is InChI=1S/C14H16F3N3/c1-3-9(2)20-8-12(18)13(19-20)10-4-6-11(7-5-10)14(15,16)17/h4-9H,3,18H2,1-2H3. The summed E-state index contributed by atoms with van der Waals surface area (Å²) in [7, 11) is 0. The Hall–Kier alpha value is -1.98. The van der Waals surface area contributed by atoms with Crippen LogP contribution in [-0.4, -0.2) is 9.78 Å². The molecule has 1 aromatic carbocycles. The minimum Gasteiger partial charge on any atom is -0.396 e. The predicted molar refractivity (Wildman–Crippen MR) is 72.1 cm³/mol. The van der Waals surface area contributed by atoms with Crippen LogP contribution in [0.15, 0.2) is 30.5 Å². The summed E-state index contributed by atoms with van der Waals surface area (Å²) in [5, 5.41) is 4.35. The van der Waals surface area contributed by atoms with E-state index in [-0.39, 0.29) is 6.04 Å². The van der Waals surface area contributed by atoms with Gasteiger partial charge in [-0.3, -0.25) is 4.68 Å². The smallest absolute Gasteiger partial charge is 0.396 e. The van der Waals surface area contributed by atoms with Gasteiger partial charge in [-0.1, -0.05) is 19.1 Å². The van der Waals surface area contributed by atoms with Crippen molar-refractivity contribution in [2.24, 2.45) is 0 Å². The normalized spacial score (nSPS) is 13.4. The first kappa shape index (κ1) is 14.4. The lowest BCUT2D eigenvalue weighted by atomic mass is 10.1. The fraction of sp³-hybridized carbons (Fsp3) is 0.357. The van der Waals surface area contributed by atoms with Gasteiger partial charge in [0, 0.05) is 17.8 Å². The van der Waals surface area contributed by atoms with Crippen LogP contribution in [0.2, 0.25) is 0 Å². The van der Waals surface area contributed by atoms with Gasteiger partial charge < -0.3 is 5.73 Å². The highest BCUT2D eigenvalue weighted by molar-refractivity contribution is 5.72. The van der Waals surface area contributed by atoms with Crippen molar-refractivity contribution in [3.8, 4) is 11.3 Å². The number of hydrogen-bond donors (Lipinski definition) is 1. The van der Waals surface area contributed by atoms with E-state index in [1.807, 2.05) is 13.8 Å². The van der Waals surface area contributed by atoms with Crippen LogP contribution in [0.3, 0.4) is 0 Å². The molecule has 0 radical (unpaired) electrons. The van der Waals surface area contributed by atoms with Crippen LogP contribution in [0.5, 0.6) is 0 Å². The monoisotopic (exact) mass is 283 g/mol. The first-order chi connectivity index (χ1) is 9.32. The number of nitrogens with two attached hydrogens (primary N) is 1. The van der Waals surface area contributed by atoms with Crippen molar-refractivity contribution in [1.29, 1.82) is 0 Å². The maximum Gasteiger partial charge on any atom is 0.416 e. The molecule has 0 fully saturated rings. The van der Waals surface area contributed by atoms with E-state index in [4.69, 9.17) is 5.73 Å². The molecule has 0 saturated carbocycles. The number of alkyl halides is 3. The lowest BCUT2D eigenvalue weighted by Crippen LogP contribution is -2.05. The van der Waals surface area contributed by atoms with E-state index in [0.29, 0.717) is 16.9 Å². The molecule has 6 heteroatoms. The molecule has 1 unspecified atom stereocenters. The summed E-state index contributed by atoms with van der Waals surface area (Å²) < 4.78 is 39.3. The molecule has 1 heterocycles. The Morgan fingerprint density at radius 2 is 1.85 bits per heavy atom. The van der Waals surface area contributed by atoms with Gasteiger partial charge in [0.15, 0.2) is 0 Å². The van der Waals surface area contributed by atoms with Crippen LogP contribution in [0.1, 0.15) is 31.9 Å². The molecule has 0 aliphatic heterocycles. The molecule has 3 nitrogen and oxygen atoms in total. The summed E-state index contributed by atoms with van der Waals surface area (Å²) in [5.41, 5.74) is 6.76. The Morgan fingerprint density at radius 1 is 1.25 bits per heavy atom. The van der Waals surface area contributed by atoms with Crippen molar-refractivity contribution in [2.75, 3.05) is 5.73 Å². The second-order valence-electron chi connectivity index (χ2n) is 4.75. The third-order valence-corrected chi connectivity index (χ3v) is 3.29. The van der Waals surface area contributed by atoms with Crippen molar-refractivity contribution in [2.45, 2.75) is 32.5 Å². The molecule has 0 spiro atoms. The van der Waals surface area contributed by atoms with Crippen LogP contribution in [-0.2, 0) is 6.18 Å². The Kier molecular flexibility index (Phi) is 3.74. The summed E-state index contributed by atoms with van der Waals surface area (Å²) in [5.74, 6) is 0. The van der Waals surface area contributed by atoms with Crippen LogP contribution in [0, 0.1) is 0 Å². The van der Waals surface area contributed by atoms with E-state index < -0.39 is 11.7 Å². The first-order valence-corrected chi connectivity index (χ1v) is 6.35. The van der Waals surface area contributed by atoms with Crippen molar-refractivity contribution >= 4 is 5.69 Å². The lowest BCUT2D eigenvalue weighted by molar-refractivity contribution is -0.137. The molecule has 2 aromatic rings. The number of rotatable bonds is 3. The van der Waals surface area contributed by atoms with Crippen molar-refractivity contribution < 1.29 is 13.2 Å². The van der Waals surface area contributed by atoms with E-state index in [9.17, 15) is 13.2 Å². The fourth-order valence-corrected chi connectivity index (χ4v) is 1.86. The molecule has 108 valence electrons. The Labute approximate surface area is 115 Å². The van der Waals surface area contributed by atoms with Gasteiger partial charge in [0.2, 0.25) is 0 Å². The Balaban J connectivity index is 2.35. The van der Waals surface area contributed by atoms with Crippen molar-refractivity contribution in [1.82, 2.24) is 9.78 Å². The van der Waals surface area contributed by atoms with E-state index in [1.54, 1.807) is 10.9 Å². The Morgan fingerprint density at radius 3 is 2.35 bits per heavy atom. The second kappa shape index (κ2) is 5.19. The summed E-state index contributed by atoms with van der Waals surface area (Å²) in [6.45, 7) is 4.03. The van der Waals surface area contributed by atoms with Gasteiger partial charge in [-0.05, 0) is 25.5 Å². The third-order valence-electron chi connectivity index (χ3n) is 3.29. The molecule has 0 amide bonds. The zero-order chi connectivity index (χ0) is 14.9. The average Bonchev–Trinajstić information content (AvgIpc) is 2.79. The van der Waals surface area contributed by atoms with Crippen LogP contribution >= 0.6 is 0 Å². The second-order valence-corrected chi connectivity index (χ2v) is 4.75. The molecule has 0 aliphatic rings. The number of hydrogen-bond acceptors (Lipinski definition) is 2. The van der Waals surface area contributed by atoms with Gasteiger partial charge in [0.25, 0.3) is 0 Å². The molecule has 1 atom stereocenters. The van der Waals surface area contributed by atoms with Gasteiger partial charge in [0.05, 0.1) is 11.3 Å². The maximum atomic E-state index is 12.5. The van der Waals surface area contributed by atoms with E-state index >= 15 is 0 Å². The largest absolute Gasteiger partial charge is 0.416 e. The number of anilines is 1. The molecule has 0 saturated heterocycles. The molecule has 0 bridgehead atoms. The molecule has 2 rings (SSSR count). The topological polar surface area (TPSA) is 43.8 Å². The van der Waals surface area contributed by atoms with Crippen molar-refractivity contribution in [3.63, 3.8) is 0 Å². The Bertz CT molecular complexity index is 585. The molecular formula is C14H16F3N3. The third kappa shape index (κ3) is 2.79. The van der Waals surface area contributed by atoms with Gasteiger partial charge in [-0.2, -0.15) is 18.3 Å². The SMILES string of the molecule is CCC(C)n1cc(N)c(-c2ccc(C(F)(F)F)cc2)n1. The summed E-state index contributed by atoms with van der Waals surface area (Å²) >= 11 is 0. The summed E-state index contributed by atoms with van der Waals surface area (Å²) in [6, 6.07) is 5.06. The quantitative estimate of drug-likeness (QED) is 0.920. The number of nitrogens with zero attached hydrogens (tertiary/aromatic N) is 2. The number of benzene rings is 1. The van der Waals surface area contributed by atoms with Gasteiger partial charge in [-0.25, -0.2) is 0 Å². The van der Waals surface area contributed by atoms with Crippen LogP contribution < -0.4 is 5.73 Å². The number of nitrogen functional groups attached to an aromatic ring is 1. The highest BCUT2D eigenvalue weighted by Crippen LogP contribution is 2.32. The van der Waals surface area contributed by atoms with E-state index in [2.05, 4.69) is 5.10 Å². The van der Waals surface area contributed by atoms with Crippen molar-refractivity contribution in [3.05, 3.63) is 36.0 Å². The summed E-state index contributed by atoms with van der Waals surface area (Å²) in [6.07, 6.45) is -1.73. The molecular weight excluding hydrogens is 267 g/mol. The zero-order valence-corrected chi connectivity index (χ0v) is 11.3. The molecule has 20 heavy (non-hydrogen) atoms. The highest BCUT2D eigenvalue weighted by atomic mass is 19.4. The summed E-state index contributed by atoms with van der Waals surface area (Å²) in [4.78, 5) is 0. The van der Waals surface area contributed by atoms with E-state index in [1.165, 1.54) is 12.1 Å². The van der Waals surface area contributed by atoms with E-state index in [0.717, 1.165) is 18.6 Å². The van der Waals surface area contributed by atoms with Crippen LogP contribution in [0.25, 0.3) is 11.3 Å². The maximum absolute atomic E-state index is 12.5. The average molecular weight is 283 g/mol. The molecule has 1 aromatic heterocycles. The highest BCUT2D eigenvalue weighted by Gasteiger charge is 2.30. The molecule has 2 N–H and O–H groups in total. The lowest BCUT2D eigenvalue weighted by Gasteiger charge is -2.08. The zero-order valence-electron chi connectivity index (χ0n) is 11.3. The van der Waals surface area contributed by atoms with Crippen LogP contribution in [0.4, 0.5) is 18.9 Å². The fourth-order valence-electron chi connectivity index (χ4n) is 1.86. The molecule has 0 aliphatic carbocycles. The minimum atomic E-state index is -4.33. The minimum absolute atomic E-state index is 0.195. The number of halogens is 3. The van der Waals surface area contributed by atoms with Gasteiger partial charge >= 0.3 is 6.18 Å².